The van der Waals surface area contributed by atoms with Crippen molar-refractivity contribution in [1.82, 2.24) is 5.32 Å². The van der Waals surface area contributed by atoms with Gasteiger partial charge in [-0.2, -0.15) is 0 Å². The first-order valence-electron chi connectivity index (χ1n) is 6.99. The molecule has 3 nitrogen and oxygen atoms in total. The fraction of sp³-hybridized carbons (Fsp3) is 0.600. The number of hydrogen-bond acceptors (Lipinski definition) is 3. The van der Waals surface area contributed by atoms with Gasteiger partial charge in [0, 0.05) is 28.6 Å². The van der Waals surface area contributed by atoms with Crippen LogP contribution in [0.15, 0.2) is 22.7 Å². The molecule has 0 aromatic heterocycles. The zero-order valence-electron chi connectivity index (χ0n) is 11.6. The maximum atomic E-state index is 5.78. The van der Waals surface area contributed by atoms with E-state index in [4.69, 9.17) is 9.47 Å². The average Bonchev–Trinajstić information content (AvgIpc) is 2.92. The molecule has 1 fully saturated rings. The third-order valence-corrected chi connectivity index (χ3v) is 3.96. The minimum absolute atomic E-state index is 0.298. The van der Waals surface area contributed by atoms with Crippen LogP contribution in [0.1, 0.15) is 31.9 Å². The topological polar surface area (TPSA) is 30.5 Å². The summed E-state index contributed by atoms with van der Waals surface area (Å²) in [6, 6.07) is 6.54. The number of hydrogen-bond donors (Lipinski definition) is 1. The molecule has 1 aromatic carbocycles. The van der Waals surface area contributed by atoms with Crippen molar-refractivity contribution in [2.75, 3.05) is 26.4 Å². The summed E-state index contributed by atoms with van der Waals surface area (Å²) in [6.45, 7) is 7.49. The third-order valence-electron chi connectivity index (χ3n) is 3.47. The monoisotopic (exact) mass is 327 g/mol. The summed E-state index contributed by atoms with van der Waals surface area (Å²) in [7, 11) is 0. The first-order chi connectivity index (χ1) is 9.26. The maximum absolute atomic E-state index is 5.78. The molecule has 0 radical (unpaired) electrons. The largest absolute Gasteiger partial charge is 0.494 e. The van der Waals surface area contributed by atoms with Gasteiger partial charge in [-0.15, -0.1) is 0 Å². The van der Waals surface area contributed by atoms with Crippen LogP contribution in [0.25, 0.3) is 0 Å². The standard InChI is InChI=1S/C15H22BrNO2/c1-3-17-15(11-7-8-18-10-11)13-9-12(16)5-6-14(13)19-4-2/h5-6,9,11,15,17H,3-4,7-8,10H2,1-2H3. The van der Waals surface area contributed by atoms with E-state index in [-0.39, 0.29) is 0 Å². The summed E-state index contributed by atoms with van der Waals surface area (Å²) in [5.41, 5.74) is 1.23. The molecule has 106 valence electrons. The Bertz CT molecular complexity index is 405. The summed E-state index contributed by atoms with van der Waals surface area (Å²) in [6.07, 6.45) is 1.11. The van der Waals surface area contributed by atoms with Crippen LogP contribution in [-0.2, 0) is 4.74 Å². The lowest BCUT2D eigenvalue weighted by Crippen LogP contribution is -2.29. The van der Waals surface area contributed by atoms with E-state index < -0.39 is 0 Å². The van der Waals surface area contributed by atoms with Crippen LogP contribution < -0.4 is 10.1 Å². The van der Waals surface area contributed by atoms with Crippen LogP contribution in [0.4, 0.5) is 0 Å². The van der Waals surface area contributed by atoms with Gasteiger partial charge in [0.15, 0.2) is 0 Å². The van der Waals surface area contributed by atoms with E-state index in [0.717, 1.165) is 36.4 Å². The van der Waals surface area contributed by atoms with Crippen molar-refractivity contribution in [2.45, 2.75) is 26.3 Å². The smallest absolute Gasteiger partial charge is 0.124 e. The molecule has 1 aliphatic heterocycles. The SMILES string of the molecule is CCNC(c1cc(Br)ccc1OCC)C1CCOC1. The van der Waals surface area contributed by atoms with Crippen LogP contribution in [0.3, 0.4) is 0 Å². The quantitative estimate of drug-likeness (QED) is 0.866. The Hall–Kier alpha value is -0.580. The van der Waals surface area contributed by atoms with Gasteiger partial charge >= 0.3 is 0 Å². The Morgan fingerprint density at radius 2 is 2.32 bits per heavy atom. The van der Waals surface area contributed by atoms with E-state index in [1.165, 1.54) is 5.56 Å². The third kappa shape index (κ3) is 3.71. The molecular weight excluding hydrogens is 306 g/mol. The fourth-order valence-electron chi connectivity index (χ4n) is 2.62. The minimum Gasteiger partial charge on any atom is -0.494 e. The van der Waals surface area contributed by atoms with E-state index >= 15 is 0 Å². The number of rotatable bonds is 6. The van der Waals surface area contributed by atoms with E-state index in [1.54, 1.807) is 0 Å². The van der Waals surface area contributed by atoms with Gasteiger partial charge in [-0.3, -0.25) is 0 Å². The van der Waals surface area contributed by atoms with Crippen LogP contribution in [-0.4, -0.2) is 26.4 Å². The molecule has 0 amide bonds. The molecular formula is C15H22BrNO2. The molecule has 0 bridgehead atoms. The summed E-state index contributed by atoms with van der Waals surface area (Å²) in [4.78, 5) is 0. The fourth-order valence-corrected chi connectivity index (χ4v) is 2.99. The van der Waals surface area contributed by atoms with Crippen LogP contribution in [0, 0.1) is 5.92 Å². The maximum Gasteiger partial charge on any atom is 0.124 e. The van der Waals surface area contributed by atoms with Crippen molar-refractivity contribution in [3.63, 3.8) is 0 Å². The first kappa shape index (κ1) is 14.8. The van der Waals surface area contributed by atoms with Gasteiger partial charge in [0.05, 0.1) is 13.2 Å². The number of nitrogens with one attached hydrogen (secondary N) is 1. The molecule has 0 spiro atoms. The molecule has 1 aromatic rings. The van der Waals surface area contributed by atoms with Gasteiger partial charge in [0.1, 0.15) is 5.75 Å². The van der Waals surface area contributed by atoms with Crippen LogP contribution >= 0.6 is 15.9 Å². The zero-order valence-corrected chi connectivity index (χ0v) is 13.2. The normalized spacial score (nSPS) is 20.5. The average molecular weight is 328 g/mol. The summed E-state index contributed by atoms with van der Waals surface area (Å²) in [5, 5.41) is 3.59. The summed E-state index contributed by atoms with van der Waals surface area (Å²) in [5.74, 6) is 1.50. The molecule has 19 heavy (non-hydrogen) atoms. The predicted molar refractivity (Wildman–Crippen MR) is 80.7 cm³/mol. The molecule has 1 N–H and O–H groups in total. The highest BCUT2D eigenvalue weighted by Crippen LogP contribution is 2.35. The Labute approximate surface area is 123 Å². The zero-order chi connectivity index (χ0) is 13.7. The molecule has 2 atom stereocenters. The Kier molecular flexibility index (Phi) is 5.67. The minimum atomic E-state index is 0.298. The number of ether oxygens (including phenoxy) is 2. The Morgan fingerprint density at radius 3 is 2.95 bits per heavy atom. The van der Waals surface area contributed by atoms with Gasteiger partial charge in [0.25, 0.3) is 0 Å². The Balaban J connectivity index is 2.30. The molecule has 0 aliphatic carbocycles. The van der Waals surface area contributed by atoms with Crippen LogP contribution in [0.2, 0.25) is 0 Å². The highest BCUT2D eigenvalue weighted by molar-refractivity contribution is 9.10. The van der Waals surface area contributed by atoms with Gasteiger partial charge in [-0.25, -0.2) is 0 Å². The second kappa shape index (κ2) is 7.27. The molecule has 2 unspecified atom stereocenters. The molecule has 1 saturated heterocycles. The van der Waals surface area contributed by atoms with Gasteiger partial charge < -0.3 is 14.8 Å². The molecule has 2 rings (SSSR count). The van der Waals surface area contributed by atoms with Crippen LogP contribution in [0.5, 0.6) is 5.75 Å². The second-order valence-corrected chi connectivity index (χ2v) is 5.69. The van der Waals surface area contributed by atoms with E-state index in [2.05, 4.69) is 34.2 Å². The second-order valence-electron chi connectivity index (χ2n) is 4.77. The van der Waals surface area contributed by atoms with Gasteiger partial charge in [-0.05, 0) is 38.1 Å². The lowest BCUT2D eigenvalue weighted by Gasteiger charge is -2.26. The molecule has 0 saturated carbocycles. The molecule has 1 heterocycles. The number of benzene rings is 1. The van der Waals surface area contributed by atoms with Crippen molar-refractivity contribution in [1.29, 1.82) is 0 Å². The molecule has 4 heteroatoms. The van der Waals surface area contributed by atoms with Crippen molar-refractivity contribution >= 4 is 15.9 Å². The Morgan fingerprint density at radius 1 is 1.47 bits per heavy atom. The lowest BCUT2D eigenvalue weighted by atomic mass is 9.91. The van der Waals surface area contributed by atoms with E-state index in [0.29, 0.717) is 18.6 Å². The van der Waals surface area contributed by atoms with E-state index in [1.807, 2.05) is 19.1 Å². The number of halogens is 1. The summed E-state index contributed by atoms with van der Waals surface area (Å²) < 4.78 is 12.4. The molecule has 1 aliphatic rings. The van der Waals surface area contributed by atoms with Gasteiger partial charge in [0.2, 0.25) is 0 Å². The highest BCUT2D eigenvalue weighted by Gasteiger charge is 2.28. The van der Waals surface area contributed by atoms with E-state index in [9.17, 15) is 0 Å². The predicted octanol–water partition coefficient (Wildman–Crippen LogP) is 3.53. The van der Waals surface area contributed by atoms with Crippen molar-refractivity contribution in [3.05, 3.63) is 28.2 Å². The van der Waals surface area contributed by atoms with Crippen molar-refractivity contribution < 1.29 is 9.47 Å². The van der Waals surface area contributed by atoms with Crippen molar-refractivity contribution in [3.8, 4) is 5.75 Å². The summed E-state index contributed by atoms with van der Waals surface area (Å²) >= 11 is 3.56. The first-order valence-corrected chi connectivity index (χ1v) is 7.79. The van der Waals surface area contributed by atoms with Crippen molar-refractivity contribution in [2.24, 2.45) is 5.92 Å². The van der Waals surface area contributed by atoms with Gasteiger partial charge in [-0.1, -0.05) is 22.9 Å². The lowest BCUT2D eigenvalue weighted by molar-refractivity contribution is 0.176. The highest BCUT2D eigenvalue weighted by atomic mass is 79.9.